The Balaban J connectivity index is 2.09. The number of aliphatic hydroxyl groups is 1. The maximum Gasteiger partial charge on any atom is 0.220 e. The maximum atomic E-state index is 11.0. The third-order valence-corrected chi connectivity index (χ3v) is 2.55. The van der Waals surface area contributed by atoms with Crippen LogP contribution in [0.4, 0.5) is 0 Å². The summed E-state index contributed by atoms with van der Waals surface area (Å²) < 4.78 is 0. The van der Waals surface area contributed by atoms with Crippen molar-refractivity contribution < 1.29 is 9.90 Å². The molecule has 2 atom stereocenters. The molecule has 0 spiro atoms. The van der Waals surface area contributed by atoms with Crippen LogP contribution in [0.25, 0.3) is 0 Å². The van der Waals surface area contributed by atoms with Gasteiger partial charge in [-0.25, -0.2) is 0 Å². The zero-order valence-corrected chi connectivity index (χ0v) is 7.81. The molecule has 1 aromatic carbocycles. The Kier molecular flexibility index (Phi) is 2.50. The molecule has 1 aromatic rings. The molecule has 1 saturated heterocycles. The number of rotatable bonds is 2. The molecule has 0 radical (unpaired) electrons. The van der Waals surface area contributed by atoms with Gasteiger partial charge in [0.15, 0.2) is 0 Å². The van der Waals surface area contributed by atoms with Crippen LogP contribution < -0.4 is 5.32 Å². The van der Waals surface area contributed by atoms with Crippen molar-refractivity contribution in [2.24, 2.45) is 0 Å². The van der Waals surface area contributed by atoms with Gasteiger partial charge >= 0.3 is 0 Å². The molecule has 1 heterocycles. The van der Waals surface area contributed by atoms with Crippen molar-refractivity contribution in [3.05, 3.63) is 35.9 Å². The van der Waals surface area contributed by atoms with Gasteiger partial charge in [-0.2, -0.15) is 0 Å². The molecule has 1 amide bonds. The van der Waals surface area contributed by atoms with E-state index < -0.39 is 6.10 Å². The lowest BCUT2D eigenvalue weighted by molar-refractivity contribution is -0.119. The largest absolute Gasteiger partial charge is 0.386 e. The van der Waals surface area contributed by atoms with E-state index in [0.29, 0.717) is 6.42 Å². The van der Waals surface area contributed by atoms with Crippen molar-refractivity contribution in [1.82, 2.24) is 5.32 Å². The normalized spacial score (nSPS) is 23.2. The van der Waals surface area contributed by atoms with Crippen LogP contribution in [0, 0.1) is 0 Å². The van der Waals surface area contributed by atoms with Gasteiger partial charge in [0.05, 0.1) is 12.1 Å². The average Bonchev–Trinajstić information content (AvgIpc) is 2.65. The van der Waals surface area contributed by atoms with Crippen LogP contribution in [0.1, 0.15) is 24.5 Å². The SMILES string of the molecule is O=C1CC[C@@H]([C@H](O)c2ccccc2)N1. The van der Waals surface area contributed by atoms with Gasteiger partial charge in [-0.3, -0.25) is 4.79 Å². The molecule has 2 rings (SSSR count). The standard InChI is InChI=1S/C11H13NO2/c13-10-7-6-9(12-10)11(14)8-4-2-1-3-5-8/h1-5,9,11,14H,6-7H2,(H,12,13)/t9-,11+/m0/s1. The Bertz CT molecular complexity index is 323. The van der Waals surface area contributed by atoms with Gasteiger partial charge in [-0.15, -0.1) is 0 Å². The first-order valence-electron chi connectivity index (χ1n) is 4.80. The molecule has 74 valence electrons. The van der Waals surface area contributed by atoms with Crippen molar-refractivity contribution in [3.63, 3.8) is 0 Å². The lowest BCUT2D eigenvalue weighted by Gasteiger charge is -2.17. The number of amides is 1. The van der Waals surface area contributed by atoms with Gasteiger partial charge in [0.1, 0.15) is 0 Å². The fraction of sp³-hybridized carbons (Fsp3) is 0.364. The second-order valence-corrected chi connectivity index (χ2v) is 3.57. The summed E-state index contributed by atoms with van der Waals surface area (Å²) in [5.74, 6) is 0.0324. The number of carbonyl (C=O) groups is 1. The highest BCUT2D eigenvalue weighted by atomic mass is 16.3. The smallest absolute Gasteiger partial charge is 0.220 e. The molecule has 0 aliphatic carbocycles. The van der Waals surface area contributed by atoms with Crippen molar-refractivity contribution in [2.45, 2.75) is 25.0 Å². The molecule has 1 aliphatic rings. The highest BCUT2D eigenvalue weighted by Crippen LogP contribution is 2.22. The fourth-order valence-corrected chi connectivity index (χ4v) is 1.76. The number of nitrogens with one attached hydrogen (secondary N) is 1. The first-order valence-corrected chi connectivity index (χ1v) is 4.80. The lowest BCUT2D eigenvalue weighted by atomic mass is 10.0. The van der Waals surface area contributed by atoms with Crippen LogP contribution in [-0.4, -0.2) is 17.1 Å². The van der Waals surface area contributed by atoms with Crippen molar-refractivity contribution in [2.75, 3.05) is 0 Å². The van der Waals surface area contributed by atoms with E-state index in [-0.39, 0.29) is 11.9 Å². The van der Waals surface area contributed by atoms with Gasteiger partial charge in [0.2, 0.25) is 5.91 Å². The summed E-state index contributed by atoms with van der Waals surface area (Å²) in [5.41, 5.74) is 0.861. The minimum Gasteiger partial charge on any atom is -0.386 e. The molecule has 0 unspecified atom stereocenters. The van der Waals surface area contributed by atoms with Gasteiger partial charge in [-0.1, -0.05) is 30.3 Å². The highest BCUT2D eigenvalue weighted by molar-refractivity contribution is 5.78. The van der Waals surface area contributed by atoms with Crippen LogP contribution in [-0.2, 0) is 4.79 Å². The molecule has 0 aromatic heterocycles. The zero-order chi connectivity index (χ0) is 9.97. The summed E-state index contributed by atoms with van der Waals surface area (Å²) in [4.78, 5) is 11.0. The topological polar surface area (TPSA) is 49.3 Å². The van der Waals surface area contributed by atoms with Gasteiger partial charge < -0.3 is 10.4 Å². The van der Waals surface area contributed by atoms with Gasteiger partial charge in [-0.05, 0) is 12.0 Å². The van der Waals surface area contributed by atoms with Crippen LogP contribution in [0.3, 0.4) is 0 Å². The molecular weight excluding hydrogens is 178 g/mol. The minimum atomic E-state index is -0.581. The van der Waals surface area contributed by atoms with Crippen LogP contribution in [0.15, 0.2) is 30.3 Å². The molecule has 3 heteroatoms. The summed E-state index contributed by atoms with van der Waals surface area (Å²) in [7, 11) is 0. The minimum absolute atomic E-state index is 0.0324. The molecule has 1 fully saturated rings. The third kappa shape index (κ3) is 1.77. The number of carbonyl (C=O) groups excluding carboxylic acids is 1. The quantitative estimate of drug-likeness (QED) is 0.732. The summed E-state index contributed by atoms with van der Waals surface area (Å²) in [6, 6.07) is 9.29. The third-order valence-electron chi connectivity index (χ3n) is 2.55. The zero-order valence-electron chi connectivity index (χ0n) is 7.81. The van der Waals surface area contributed by atoms with Crippen molar-refractivity contribution in [1.29, 1.82) is 0 Å². The highest BCUT2D eigenvalue weighted by Gasteiger charge is 2.27. The van der Waals surface area contributed by atoms with Crippen LogP contribution >= 0.6 is 0 Å². The molecule has 0 bridgehead atoms. The summed E-state index contributed by atoms with van der Waals surface area (Å²) in [6.45, 7) is 0. The lowest BCUT2D eigenvalue weighted by Crippen LogP contribution is -2.31. The monoisotopic (exact) mass is 191 g/mol. The number of hydrogen-bond acceptors (Lipinski definition) is 2. The predicted octanol–water partition coefficient (Wildman–Crippen LogP) is 0.999. The Morgan fingerprint density at radius 3 is 2.64 bits per heavy atom. The van der Waals surface area contributed by atoms with E-state index in [9.17, 15) is 9.90 Å². The number of aliphatic hydroxyl groups excluding tert-OH is 1. The van der Waals surface area contributed by atoms with E-state index in [4.69, 9.17) is 0 Å². The predicted molar refractivity (Wildman–Crippen MR) is 52.6 cm³/mol. The van der Waals surface area contributed by atoms with Gasteiger partial charge in [0.25, 0.3) is 0 Å². The van der Waals surface area contributed by atoms with E-state index in [1.165, 1.54) is 0 Å². The number of benzene rings is 1. The van der Waals surface area contributed by atoms with E-state index in [2.05, 4.69) is 5.32 Å². The summed E-state index contributed by atoms with van der Waals surface area (Å²) in [6.07, 6.45) is 0.659. The maximum absolute atomic E-state index is 11.0. The molecule has 2 N–H and O–H groups in total. The van der Waals surface area contributed by atoms with E-state index in [1.54, 1.807) is 0 Å². The van der Waals surface area contributed by atoms with E-state index in [1.807, 2.05) is 30.3 Å². The Labute approximate surface area is 82.8 Å². The fourth-order valence-electron chi connectivity index (χ4n) is 1.76. The van der Waals surface area contributed by atoms with Crippen LogP contribution in [0.5, 0.6) is 0 Å². The molecular formula is C11H13NO2. The summed E-state index contributed by atoms with van der Waals surface area (Å²) in [5, 5.41) is 12.7. The van der Waals surface area contributed by atoms with Crippen molar-refractivity contribution in [3.8, 4) is 0 Å². The molecule has 1 aliphatic heterocycles. The molecule has 14 heavy (non-hydrogen) atoms. The number of hydrogen-bond donors (Lipinski definition) is 2. The first-order chi connectivity index (χ1) is 6.77. The first kappa shape index (κ1) is 9.21. The molecule has 3 nitrogen and oxygen atoms in total. The molecule has 0 saturated carbocycles. The van der Waals surface area contributed by atoms with Crippen molar-refractivity contribution >= 4 is 5.91 Å². The van der Waals surface area contributed by atoms with E-state index >= 15 is 0 Å². The average molecular weight is 191 g/mol. The Morgan fingerprint density at radius 1 is 1.36 bits per heavy atom. The second-order valence-electron chi connectivity index (χ2n) is 3.57. The Hall–Kier alpha value is -1.35. The second kappa shape index (κ2) is 3.80. The Morgan fingerprint density at radius 2 is 2.07 bits per heavy atom. The summed E-state index contributed by atoms with van der Waals surface area (Å²) >= 11 is 0. The van der Waals surface area contributed by atoms with Gasteiger partial charge in [0, 0.05) is 6.42 Å². The van der Waals surface area contributed by atoms with E-state index in [0.717, 1.165) is 12.0 Å². The van der Waals surface area contributed by atoms with Crippen LogP contribution in [0.2, 0.25) is 0 Å².